The Kier molecular flexibility index (Phi) is 9.11. The lowest BCUT2D eigenvalue weighted by Gasteiger charge is -2.24. The second kappa shape index (κ2) is 9.44. The zero-order valence-corrected chi connectivity index (χ0v) is 13.8. The summed E-state index contributed by atoms with van der Waals surface area (Å²) in [7, 11) is 9.10. The molecule has 0 aliphatic heterocycles. The zero-order chi connectivity index (χ0) is 13.3. The average Bonchev–Trinajstić information content (AvgIpc) is 2.15. The van der Waals surface area contributed by atoms with Gasteiger partial charge < -0.3 is 19.9 Å². The highest BCUT2D eigenvalue weighted by molar-refractivity contribution is 6.08. The number of nitrogens with one attached hydrogen (secondary N) is 1. The van der Waals surface area contributed by atoms with E-state index in [4.69, 9.17) is 4.74 Å². The van der Waals surface area contributed by atoms with Crippen molar-refractivity contribution in [2.45, 2.75) is 18.6 Å². The molecule has 0 aromatic rings. The minimum absolute atomic E-state index is 0.0870. The quantitative estimate of drug-likeness (QED) is 0.467. The van der Waals surface area contributed by atoms with E-state index in [0.29, 0.717) is 0 Å². The fourth-order valence-corrected chi connectivity index (χ4v) is 1.86. The summed E-state index contributed by atoms with van der Waals surface area (Å²) < 4.78 is 5.40. The van der Waals surface area contributed by atoms with Gasteiger partial charge in [0.15, 0.2) is 0 Å². The van der Waals surface area contributed by atoms with Crippen LogP contribution >= 0.6 is 0 Å². The Hall–Kier alpha value is -0.593. The van der Waals surface area contributed by atoms with Crippen LogP contribution in [0.3, 0.4) is 0 Å². The van der Waals surface area contributed by atoms with Crippen LogP contribution in [0, 0.1) is 0 Å². The molecule has 0 saturated carbocycles. The number of carbonyl (C=O) groups is 1. The van der Waals surface area contributed by atoms with Crippen LogP contribution in [0.2, 0.25) is 6.04 Å². The van der Waals surface area contributed by atoms with Crippen LogP contribution in [0.15, 0.2) is 0 Å². The lowest BCUT2D eigenvalue weighted by molar-refractivity contribution is 0.0650. The predicted molar refractivity (Wildman–Crippen MR) is 74.7 cm³/mol. The van der Waals surface area contributed by atoms with E-state index in [9.17, 15) is 4.79 Å². The van der Waals surface area contributed by atoms with Crippen molar-refractivity contribution in [2.75, 3.05) is 47.8 Å². The van der Waals surface area contributed by atoms with Gasteiger partial charge in [-0.1, -0.05) is 6.04 Å². The molecule has 0 aromatic heterocycles. The van der Waals surface area contributed by atoms with Crippen molar-refractivity contribution in [1.29, 1.82) is 0 Å². The number of hydrogen-bond donors (Lipinski definition) is 1. The third-order valence-corrected chi connectivity index (χ3v) is 2.92. The van der Waals surface area contributed by atoms with Gasteiger partial charge in [-0.25, -0.2) is 4.79 Å². The molecular weight excluding hydrogens is 234 g/mol. The third kappa shape index (κ3) is 10.3. The van der Waals surface area contributed by atoms with Gasteiger partial charge in [0.25, 0.3) is 0 Å². The minimum atomic E-state index is -0.297. The van der Waals surface area contributed by atoms with Crippen molar-refractivity contribution in [2.24, 2.45) is 0 Å². The molecule has 0 radical (unpaired) electrons. The summed E-state index contributed by atoms with van der Waals surface area (Å²) >= 11 is 0. The molecule has 0 unspecified atom stereocenters. The first-order valence-corrected chi connectivity index (χ1v) is 7.61. The molecule has 0 bridgehead atoms. The molecule has 0 aromatic carbocycles. The smallest absolute Gasteiger partial charge is 0.407 e. The molecule has 17 heavy (non-hydrogen) atoms. The van der Waals surface area contributed by atoms with Gasteiger partial charge in [0.2, 0.25) is 0 Å². The van der Waals surface area contributed by atoms with Crippen molar-refractivity contribution < 1.29 is 9.53 Å². The topological polar surface area (TPSA) is 44.8 Å². The number of nitrogens with zero attached hydrogens (tertiary/aromatic N) is 2. The molecule has 1 N–H and O–H groups in total. The summed E-state index contributed by atoms with van der Waals surface area (Å²) in [6.45, 7) is 2.21. The number of hydrogen-bond acceptors (Lipinski definition) is 4. The van der Waals surface area contributed by atoms with Crippen molar-refractivity contribution in [1.82, 2.24) is 15.1 Å². The molecule has 0 saturated heterocycles. The van der Waals surface area contributed by atoms with E-state index in [1.54, 1.807) is 0 Å². The van der Waals surface area contributed by atoms with Gasteiger partial charge in [0.1, 0.15) is 6.10 Å². The fraction of sp³-hybridized carbons (Fsp3) is 0.909. The van der Waals surface area contributed by atoms with E-state index in [0.717, 1.165) is 26.1 Å². The molecule has 0 heterocycles. The molecule has 6 heteroatoms. The number of rotatable bonds is 8. The van der Waals surface area contributed by atoms with Gasteiger partial charge in [0.05, 0.1) is 0 Å². The molecule has 0 atom stereocenters. The number of alkyl carbamates (subject to hydrolysis) is 1. The third-order valence-electron chi connectivity index (χ3n) is 2.21. The first-order chi connectivity index (χ1) is 7.95. The van der Waals surface area contributed by atoms with Crippen molar-refractivity contribution in [3.8, 4) is 0 Å². The van der Waals surface area contributed by atoms with E-state index in [2.05, 4.69) is 5.32 Å². The summed E-state index contributed by atoms with van der Waals surface area (Å²) in [4.78, 5) is 15.6. The zero-order valence-electron chi connectivity index (χ0n) is 11.8. The standard InChI is InChI=1S/C11H27N3O2Si/c1-13(2)8-10(9-14(3)4)16-11(15)12-6-5-7-17/h10H,5-9H2,1-4,17H3,(H,12,15). The Labute approximate surface area is 108 Å². The summed E-state index contributed by atoms with van der Waals surface area (Å²) in [6.07, 6.45) is 0.665. The Morgan fingerprint density at radius 2 is 1.76 bits per heavy atom. The molecule has 102 valence electrons. The molecule has 0 rings (SSSR count). The maximum absolute atomic E-state index is 11.5. The van der Waals surface area contributed by atoms with Crippen molar-refractivity contribution in [3.05, 3.63) is 0 Å². The van der Waals surface area contributed by atoms with Crippen molar-refractivity contribution >= 4 is 16.3 Å². The molecule has 5 nitrogen and oxygen atoms in total. The lowest BCUT2D eigenvalue weighted by Crippen LogP contribution is -2.40. The van der Waals surface area contributed by atoms with E-state index < -0.39 is 0 Å². The number of ether oxygens (including phenoxy) is 1. The average molecular weight is 261 g/mol. The van der Waals surface area contributed by atoms with Gasteiger partial charge in [-0.2, -0.15) is 0 Å². The Morgan fingerprint density at radius 1 is 1.24 bits per heavy atom. The molecule has 0 aliphatic rings. The van der Waals surface area contributed by atoms with E-state index in [1.165, 1.54) is 16.3 Å². The van der Waals surface area contributed by atoms with Gasteiger partial charge in [-0.05, 0) is 34.6 Å². The molecule has 0 aliphatic carbocycles. The lowest BCUT2D eigenvalue weighted by atomic mass is 10.3. The molecule has 0 fully saturated rings. The van der Waals surface area contributed by atoms with Gasteiger partial charge in [-0.15, -0.1) is 0 Å². The van der Waals surface area contributed by atoms with Gasteiger partial charge in [-0.3, -0.25) is 0 Å². The summed E-state index contributed by atoms with van der Waals surface area (Å²) in [5.41, 5.74) is 0. The van der Waals surface area contributed by atoms with Crippen LogP contribution in [-0.2, 0) is 4.74 Å². The van der Waals surface area contributed by atoms with Crippen LogP contribution in [0.1, 0.15) is 6.42 Å². The maximum atomic E-state index is 11.5. The van der Waals surface area contributed by atoms with Gasteiger partial charge in [0, 0.05) is 29.9 Å². The minimum Gasteiger partial charge on any atom is -0.444 e. The number of amides is 1. The summed E-state index contributed by atoms with van der Waals surface area (Å²) in [5.74, 6) is 0. The summed E-state index contributed by atoms with van der Waals surface area (Å²) in [6, 6.07) is 1.21. The van der Waals surface area contributed by atoms with Crippen LogP contribution in [-0.4, -0.2) is 80.1 Å². The van der Waals surface area contributed by atoms with E-state index in [-0.39, 0.29) is 12.2 Å². The SMILES string of the molecule is CN(C)CC(CN(C)C)OC(=O)NCCC[SiH3]. The largest absolute Gasteiger partial charge is 0.444 e. The second-order valence-corrected chi connectivity index (χ2v) is 5.83. The number of carbonyl (C=O) groups excluding carboxylic acids is 1. The highest BCUT2D eigenvalue weighted by Gasteiger charge is 2.15. The number of likely N-dealkylation sites (N-methyl/N-ethyl adjacent to an activating group) is 2. The van der Waals surface area contributed by atoms with Gasteiger partial charge >= 0.3 is 6.09 Å². The molecule has 0 spiro atoms. The summed E-state index contributed by atoms with van der Waals surface area (Å²) in [5, 5.41) is 2.78. The second-order valence-electron chi connectivity index (χ2n) is 4.83. The first-order valence-electron chi connectivity index (χ1n) is 6.19. The van der Waals surface area contributed by atoms with Crippen LogP contribution in [0.25, 0.3) is 0 Å². The van der Waals surface area contributed by atoms with E-state index >= 15 is 0 Å². The Morgan fingerprint density at radius 3 is 2.18 bits per heavy atom. The Bertz CT molecular complexity index is 203. The Balaban J connectivity index is 3.99. The molecule has 1 amide bonds. The maximum Gasteiger partial charge on any atom is 0.407 e. The van der Waals surface area contributed by atoms with Crippen LogP contribution in [0.4, 0.5) is 4.79 Å². The van der Waals surface area contributed by atoms with Crippen LogP contribution in [0.5, 0.6) is 0 Å². The van der Waals surface area contributed by atoms with Crippen LogP contribution < -0.4 is 5.32 Å². The normalized spacial score (nSPS) is 11.5. The van der Waals surface area contributed by atoms with Crippen molar-refractivity contribution in [3.63, 3.8) is 0 Å². The highest BCUT2D eigenvalue weighted by atomic mass is 28.1. The van der Waals surface area contributed by atoms with E-state index in [1.807, 2.05) is 38.0 Å². The fourth-order valence-electron chi connectivity index (χ4n) is 1.51. The first kappa shape index (κ1) is 16.4. The highest BCUT2D eigenvalue weighted by Crippen LogP contribution is 1.97. The molecular formula is C11H27N3O2Si. The monoisotopic (exact) mass is 261 g/mol. The predicted octanol–water partition coefficient (Wildman–Crippen LogP) is -0.622.